The van der Waals surface area contributed by atoms with Gasteiger partial charge in [0.25, 0.3) is 5.91 Å². The predicted molar refractivity (Wildman–Crippen MR) is 150 cm³/mol. The molecule has 1 aromatic heterocycles. The van der Waals surface area contributed by atoms with Crippen LogP contribution in [0, 0.1) is 0 Å². The van der Waals surface area contributed by atoms with Crippen LogP contribution in [0.3, 0.4) is 0 Å². The zero-order chi connectivity index (χ0) is 24.9. The molecule has 2 aromatic rings. The highest BCUT2D eigenvalue weighted by molar-refractivity contribution is 8.26. The van der Waals surface area contributed by atoms with E-state index < -0.39 is 0 Å². The maximum Gasteiger partial charge on any atom is 0.266 e. The number of thiazole rings is 1. The zero-order valence-electron chi connectivity index (χ0n) is 20.3. The molecule has 3 aliphatic rings. The fourth-order valence-corrected chi connectivity index (χ4v) is 7.25. The average molecular weight is 542 g/mol. The first-order valence-corrected chi connectivity index (χ1v) is 14.9. The van der Waals surface area contributed by atoms with Crippen molar-refractivity contribution < 1.29 is 14.3 Å². The molecule has 2 heterocycles. The number of rotatable bonds is 8. The zero-order valence-corrected chi connectivity index (χ0v) is 22.7. The number of nitrogens with one attached hydrogen (secondary N) is 1. The first kappa shape index (κ1) is 25.4. The van der Waals surface area contributed by atoms with Gasteiger partial charge in [0.2, 0.25) is 5.91 Å². The van der Waals surface area contributed by atoms with Gasteiger partial charge in [-0.25, -0.2) is 4.98 Å². The second kappa shape index (κ2) is 11.9. The minimum absolute atomic E-state index is 0.0733. The van der Waals surface area contributed by atoms with Gasteiger partial charge in [0.15, 0.2) is 5.13 Å². The van der Waals surface area contributed by atoms with Gasteiger partial charge in [-0.05, 0) is 69.9 Å². The number of anilines is 1. The summed E-state index contributed by atoms with van der Waals surface area (Å²) < 4.78 is 6.82. The predicted octanol–water partition coefficient (Wildman–Crippen LogP) is 6.35. The molecule has 1 aromatic carbocycles. The van der Waals surface area contributed by atoms with Crippen LogP contribution in [0.25, 0.3) is 6.08 Å². The van der Waals surface area contributed by atoms with Crippen LogP contribution in [0.5, 0.6) is 5.75 Å². The Morgan fingerprint density at radius 3 is 2.81 bits per heavy atom. The van der Waals surface area contributed by atoms with E-state index in [0.29, 0.717) is 33.7 Å². The summed E-state index contributed by atoms with van der Waals surface area (Å²) in [6, 6.07) is 7.87. The summed E-state index contributed by atoms with van der Waals surface area (Å²) in [5, 5.41) is 3.62. The van der Waals surface area contributed by atoms with Crippen LogP contribution in [0.1, 0.15) is 73.9 Å². The third-order valence-corrected chi connectivity index (χ3v) is 9.25. The van der Waals surface area contributed by atoms with Gasteiger partial charge in [-0.15, -0.1) is 11.3 Å². The summed E-state index contributed by atoms with van der Waals surface area (Å²) >= 11 is 8.39. The molecule has 2 fully saturated rings. The number of amides is 2. The number of para-hydroxylation sites is 1. The Hall–Kier alpha value is -2.23. The molecule has 1 aliphatic heterocycles. The van der Waals surface area contributed by atoms with Crippen molar-refractivity contribution in [3.63, 3.8) is 0 Å². The summed E-state index contributed by atoms with van der Waals surface area (Å²) in [6.45, 7) is 0.421. The molecule has 2 amide bonds. The number of benzene rings is 1. The monoisotopic (exact) mass is 541 g/mol. The van der Waals surface area contributed by atoms with E-state index in [2.05, 4.69) is 10.3 Å². The van der Waals surface area contributed by atoms with E-state index >= 15 is 0 Å². The largest absolute Gasteiger partial charge is 0.490 e. The number of fused-ring (bicyclic) bond motifs is 1. The van der Waals surface area contributed by atoms with Crippen molar-refractivity contribution in [2.75, 3.05) is 11.9 Å². The third-order valence-electron chi connectivity index (χ3n) is 6.80. The summed E-state index contributed by atoms with van der Waals surface area (Å²) in [5.74, 6) is 0.636. The second-order valence-electron chi connectivity index (χ2n) is 9.50. The lowest BCUT2D eigenvalue weighted by Crippen LogP contribution is -2.29. The molecule has 1 saturated carbocycles. The average Bonchev–Trinajstić information content (AvgIpc) is 3.40. The number of hydrogen-bond donors (Lipinski definition) is 1. The Balaban J connectivity index is 1.15. The van der Waals surface area contributed by atoms with E-state index in [-0.39, 0.29) is 17.9 Å². The van der Waals surface area contributed by atoms with Crippen LogP contribution in [-0.2, 0) is 22.4 Å². The van der Waals surface area contributed by atoms with Gasteiger partial charge in [-0.1, -0.05) is 48.6 Å². The highest BCUT2D eigenvalue weighted by Gasteiger charge is 2.32. The Kier molecular flexibility index (Phi) is 8.39. The van der Waals surface area contributed by atoms with Gasteiger partial charge >= 0.3 is 0 Å². The lowest BCUT2D eigenvalue weighted by molar-refractivity contribution is -0.122. The fraction of sp³-hybridized carbons (Fsp3) is 0.481. The van der Waals surface area contributed by atoms with Crippen molar-refractivity contribution in [3.8, 4) is 5.75 Å². The third kappa shape index (κ3) is 6.18. The molecule has 9 heteroatoms. The number of aryl methyl sites for hydroxylation is 2. The van der Waals surface area contributed by atoms with Crippen molar-refractivity contribution in [1.82, 2.24) is 9.88 Å². The number of thiocarbonyl (C=S) groups is 1. The Labute approximate surface area is 225 Å². The Morgan fingerprint density at radius 2 is 1.97 bits per heavy atom. The minimum Gasteiger partial charge on any atom is -0.490 e. The van der Waals surface area contributed by atoms with Gasteiger partial charge in [-0.3, -0.25) is 14.5 Å². The van der Waals surface area contributed by atoms with Gasteiger partial charge in [-0.2, -0.15) is 0 Å². The normalized spacial score (nSPS) is 19.6. The van der Waals surface area contributed by atoms with Gasteiger partial charge in [0.05, 0.1) is 16.7 Å². The van der Waals surface area contributed by atoms with E-state index in [9.17, 15) is 9.59 Å². The first-order valence-electron chi connectivity index (χ1n) is 12.9. The number of ether oxygens (including phenoxy) is 1. The summed E-state index contributed by atoms with van der Waals surface area (Å²) in [7, 11) is 0. The smallest absolute Gasteiger partial charge is 0.266 e. The lowest BCUT2D eigenvalue weighted by Gasteiger charge is -2.23. The van der Waals surface area contributed by atoms with E-state index in [1.54, 1.807) is 16.2 Å². The lowest BCUT2D eigenvalue weighted by atomic mass is 9.97. The summed E-state index contributed by atoms with van der Waals surface area (Å²) in [5.41, 5.74) is 2.03. The summed E-state index contributed by atoms with van der Waals surface area (Å²) in [4.78, 5) is 33.6. The molecule has 1 saturated heterocycles. The highest BCUT2D eigenvalue weighted by Crippen LogP contribution is 2.35. The van der Waals surface area contributed by atoms with Crippen molar-refractivity contribution >= 4 is 62.7 Å². The molecule has 1 N–H and O–H groups in total. The number of aromatic nitrogens is 1. The van der Waals surface area contributed by atoms with Gasteiger partial charge in [0, 0.05) is 23.4 Å². The maximum absolute atomic E-state index is 13.1. The molecular weight excluding hydrogens is 511 g/mol. The van der Waals surface area contributed by atoms with Crippen molar-refractivity contribution in [3.05, 3.63) is 45.3 Å². The highest BCUT2D eigenvalue weighted by atomic mass is 32.2. The van der Waals surface area contributed by atoms with Crippen LogP contribution in [0.4, 0.5) is 5.13 Å². The first-order chi connectivity index (χ1) is 17.6. The topological polar surface area (TPSA) is 71.5 Å². The van der Waals surface area contributed by atoms with Gasteiger partial charge in [0.1, 0.15) is 10.1 Å². The molecule has 5 rings (SSSR count). The molecular formula is C27H31N3O3S3. The SMILES string of the molecule is O=C(CCCN1C(=O)/C(=C/c2ccccc2OC2CCCCC2)SC1=S)Nc1nc2c(s1)CCCC2. The van der Waals surface area contributed by atoms with Crippen LogP contribution in [0.2, 0.25) is 0 Å². The second-order valence-corrected chi connectivity index (χ2v) is 12.3. The number of nitrogens with zero attached hydrogens (tertiary/aromatic N) is 2. The fourth-order valence-electron chi connectivity index (χ4n) is 4.89. The van der Waals surface area contributed by atoms with E-state index in [0.717, 1.165) is 42.7 Å². The number of thioether (sulfide) groups is 1. The Morgan fingerprint density at radius 1 is 1.17 bits per heavy atom. The molecule has 36 heavy (non-hydrogen) atoms. The van der Waals surface area contributed by atoms with Crippen molar-refractivity contribution in [2.45, 2.75) is 76.7 Å². The van der Waals surface area contributed by atoms with Gasteiger partial charge < -0.3 is 10.1 Å². The number of carbonyl (C=O) groups is 2. The van der Waals surface area contributed by atoms with Crippen LogP contribution in [-0.4, -0.2) is 38.7 Å². The molecule has 190 valence electrons. The molecule has 0 spiro atoms. The van der Waals surface area contributed by atoms with E-state index in [1.165, 1.54) is 48.7 Å². The maximum atomic E-state index is 13.1. The van der Waals surface area contributed by atoms with Crippen LogP contribution in [0.15, 0.2) is 29.2 Å². The quantitative estimate of drug-likeness (QED) is 0.310. The molecule has 0 bridgehead atoms. The Bertz CT molecular complexity index is 1150. The molecule has 2 aliphatic carbocycles. The summed E-state index contributed by atoms with van der Waals surface area (Å²) in [6.07, 6.45) is 13.2. The van der Waals surface area contributed by atoms with E-state index in [1.807, 2.05) is 30.3 Å². The molecule has 0 radical (unpaired) electrons. The standard InChI is InChI=1S/C27H31N3O3S3/c31-24(29-26-28-20-12-5-7-14-22(20)35-26)15-8-16-30-25(32)23(36-27(30)34)17-18-9-4-6-13-21(18)33-19-10-2-1-3-11-19/h4,6,9,13,17,19H,1-3,5,7-8,10-12,14-16H2,(H,28,29,31)/b23-17-. The minimum atomic E-state index is -0.106. The molecule has 0 unspecified atom stereocenters. The molecule has 0 atom stereocenters. The number of carbonyl (C=O) groups excluding carboxylic acids is 2. The van der Waals surface area contributed by atoms with Crippen molar-refractivity contribution in [1.29, 1.82) is 0 Å². The van der Waals surface area contributed by atoms with Crippen LogP contribution >= 0.6 is 35.3 Å². The molecule has 6 nitrogen and oxygen atoms in total. The van der Waals surface area contributed by atoms with E-state index in [4.69, 9.17) is 17.0 Å². The van der Waals surface area contributed by atoms with Crippen molar-refractivity contribution in [2.24, 2.45) is 0 Å². The number of hydrogen-bond acceptors (Lipinski definition) is 7. The van der Waals surface area contributed by atoms with Crippen LogP contribution < -0.4 is 10.1 Å².